The Hall–Kier alpha value is -2.88. The van der Waals surface area contributed by atoms with Gasteiger partial charge in [0.05, 0.1) is 12.7 Å². The van der Waals surface area contributed by atoms with Crippen LogP contribution < -0.4 is 4.74 Å². The standard InChI is InChI=1S/C27H28O4/c1-31-25-13-22(24(28)9-4-17-2-5-21(6-3-17)26(29)30)7-8-23(25)27-14-18-10-19(15-27)12-20(11-18)16-27/h2-9,13,18-20H,10-12,14-16H2,1H3,(H,29,30). The minimum atomic E-state index is -0.960. The molecule has 6 rings (SSSR count). The molecule has 4 aliphatic carbocycles. The highest BCUT2D eigenvalue weighted by molar-refractivity contribution is 6.07. The number of methoxy groups -OCH3 is 1. The van der Waals surface area contributed by atoms with Gasteiger partial charge in [0.2, 0.25) is 0 Å². The van der Waals surface area contributed by atoms with Crippen LogP contribution in [0.4, 0.5) is 0 Å². The molecule has 0 aromatic heterocycles. The van der Waals surface area contributed by atoms with E-state index < -0.39 is 5.97 Å². The van der Waals surface area contributed by atoms with E-state index >= 15 is 0 Å². The molecule has 0 atom stereocenters. The van der Waals surface area contributed by atoms with Gasteiger partial charge in [-0.2, -0.15) is 0 Å². The predicted molar refractivity (Wildman–Crippen MR) is 120 cm³/mol. The largest absolute Gasteiger partial charge is 0.496 e. The van der Waals surface area contributed by atoms with Gasteiger partial charge in [-0.15, -0.1) is 0 Å². The molecular formula is C27H28O4. The molecule has 0 aliphatic heterocycles. The summed E-state index contributed by atoms with van der Waals surface area (Å²) in [6.45, 7) is 0. The first-order chi connectivity index (χ1) is 15.0. The first kappa shape index (κ1) is 20.0. The SMILES string of the molecule is COc1cc(C(=O)C=Cc2ccc(C(=O)O)cc2)ccc1C12CC3CC(CC(C3)C1)C2. The van der Waals surface area contributed by atoms with E-state index in [-0.39, 0.29) is 16.8 Å². The van der Waals surface area contributed by atoms with Crippen LogP contribution in [-0.2, 0) is 5.41 Å². The predicted octanol–water partition coefficient (Wildman–Crippen LogP) is 5.76. The molecule has 1 N–H and O–H groups in total. The Labute approximate surface area is 182 Å². The van der Waals surface area contributed by atoms with Gasteiger partial charge < -0.3 is 9.84 Å². The van der Waals surface area contributed by atoms with Crippen LogP contribution in [0.5, 0.6) is 5.75 Å². The summed E-state index contributed by atoms with van der Waals surface area (Å²) in [7, 11) is 1.70. The van der Waals surface area contributed by atoms with Gasteiger partial charge in [-0.05, 0) is 91.5 Å². The lowest BCUT2D eigenvalue weighted by Gasteiger charge is -2.57. The number of benzene rings is 2. The minimum absolute atomic E-state index is 0.0855. The van der Waals surface area contributed by atoms with Crippen LogP contribution >= 0.6 is 0 Å². The summed E-state index contributed by atoms with van der Waals surface area (Å²) in [4.78, 5) is 23.8. The van der Waals surface area contributed by atoms with Gasteiger partial charge in [0.15, 0.2) is 5.78 Å². The van der Waals surface area contributed by atoms with E-state index in [9.17, 15) is 9.59 Å². The second-order valence-corrected chi connectivity index (χ2v) is 9.74. The molecule has 4 aliphatic rings. The molecule has 31 heavy (non-hydrogen) atoms. The fraction of sp³-hybridized carbons (Fsp3) is 0.407. The van der Waals surface area contributed by atoms with Crippen LogP contribution in [0.2, 0.25) is 0 Å². The summed E-state index contributed by atoms with van der Waals surface area (Å²) < 4.78 is 5.79. The number of carboxylic acid groups (broad SMARTS) is 1. The van der Waals surface area contributed by atoms with E-state index in [4.69, 9.17) is 9.84 Å². The van der Waals surface area contributed by atoms with Crippen LogP contribution in [0.1, 0.15) is 70.4 Å². The molecule has 2 aromatic carbocycles. The fourth-order valence-corrected chi connectivity index (χ4v) is 6.73. The maximum absolute atomic E-state index is 12.8. The number of allylic oxidation sites excluding steroid dienone is 1. The zero-order valence-electron chi connectivity index (χ0n) is 17.8. The molecule has 0 unspecified atom stereocenters. The average Bonchev–Trinajstić information content (AvgIpc) is 2.76. The van der Waals surface area contributed by atoms with Crippen LogP contribution in [-0.4, -0.2) is 24.0 Å². The number of carbonyl (C=O) groups excluding carboxylic acids is 1. The molecule has 0 amide bonds. The maximum Gasteiger partial charge on any atom is 0.335 e. The molecule has 4 bridgehead atoms. The molecule has 4 heteroatoms. The van der Waals surface area contributed by atoms with Crippen LogP contribution in [0.3, 0.4) is 0 Å². The molecule has 2 aromatic rings. The molecule has 0 heterocycles. The van der Waals surface area contributed by atoms with Crippen LogP contribution in [0, 0.1) is 17.8 Å². The van der Waals surface area contributed by atoms with E-state index in [0.717, 1.165) is 29.1 Å². The number of rotatable bonds is 6. The smallest absolute Gasteiger partial charge is 0.335 e. The van der Waals surface area contributed by atoms with Crippen LogP contribution in [0.25, 0.3) is 6.08 Å². The quantitative estimate of drug-likeness (QED) is 0.480. The van der Waals surface area contributed by atoms with Gasteiger partial charge in [0.25, 0.3) is 0 Å². The third-order valence-corrected chi connectivity index (χ3v) is 7.68. The number of carbonyl (C=O) groups is 2. The van der Waals surface area contributed by atoms with Gasteiger partial charge in [-0.3, -0.25) is 4.79 Å². The molecule has 4 nitrogen and oxygen atoms in total. The van der Waals surface area contributed by atoms with Crippen molar-refractivity contribution in [1.29, 1.82) is 0 Å². The Bertz CT molecular complexity index is 1010. The molecule has 4 saturated carbocycles. The van der Waals surface area contributed by atoms with Gasteiger partial charge in [-0.1, -0.05) is 30.3 Å². The number of ketones is 1. The molecule has 0 saturated heterocycles. The van der Waals surface area contributed by atoms with Crippen molar-refractivity contribution in [2.24, 2.45) is 17.8 Å². The van der Waals surface area contributed by atoms with E-state index in [1.807, 2.05) is 12.1 Å². The van der Waals surface area contributed by atoms with Crippen molar-refractivity contribution in [3.8, 4) is 5.75 Å². The van der Waals surface area contributed by atoms with Gasteiger partial charge >= 0.3 is 5.97 Å². The lowest BCUT2D eigenvalue weighted by atomic mass is 9.48. The first-order valence-electron chi connectivity index (χ1n) is 11.2. The summed E-state index contributed by atoms with van der Waals surface area (Å²) in [5, 5.41) is 9.00. The fourth-order valence-electron chi connectivity index (χ4n) is 6.73. The summed E-state index contributed by atoms with van der Waals surface area (Å²) in [5.74, 6) is 2.36. The summed E-state index contributed by atoms with van der Waals surface area (Å²) in [6, 6.07) is 12.4. The second-order valence-electron chi connectivity index (χ2n) is 9.74. The Balaban J connectivity index is 1.37. The zero-order chi connectivity index (χ0) is 21.6. The van der Waals surface area contributed by atoms with Crippen molar-refractivity contribution in [3.63, 3.8) is 0 Å². The third-order valence-electron chi connectivity index (χ3n) is 7.68. The van der Waals surface area contributed by atoms with Gasteiger partial charge in [0.1, 0.15) is 5.75 Å². The van der Waals surface area contributed by atoms with Crippen molar-refractivity contribution in [2.45, 2.75) is 43.9 Å². The van der Waals surface area contributed by atoms with Gasteiger partial charge in [0, 0.05) is 11.1 Å². The lowest BCUT2D eigenvalue weighted by Crippen LogP contribution is -2.48. The number of hydrogen-bond acceptors (Lipinski definition) is 3. The Kier molecular flexibility index (Phi) is 4.96. The van der Waals surface area contributed by atoms with E-state index in [2.05, 4.69) is 6.07 Å². The topological polar surface area (TPSA) is 63.6 Å². The molecule has 0 spiro atoms. The summed E-state index contributed by atoms with van der Waals surface area (Å²) in [6.07, 6.45) is 11.2. The van der Waals surface area contributed by atoms with E-state index in [0.29, 0.717) is 5.56 Å². The Morgan fingerprint density at radius 2 is 1.52 bits per heavy atom. The highest BCUT2D eigenvalue weighted by Gasteiger charge is 2.52. The molecule has 0 radical (unpaired) electrons. The minimum Gasteiger partial charge on any atom is -0.496 e. The first-order valence-corrected chi connectivity index (χ1v) is 11.2. The Morgan fingerprint density at radius 3 is 2.06 bits per heavy atom. The summed E-state index contributed by atoms with van der Waals surface area (Å²) in [5.41, 5.74) is 3.15. The third kappa shape index (κ3) is 3.69. The average molecular weight is 417 g/mol. The van der Waals surface area contributed by atoms with Crippen molar-refractivity contribution < 1.29 is 19.4 Å². The molecule has 4 fully saturated rings. The number of carboxylic acids is 1. The molecule has 160 valence electrons. The highest BCUT2D eigenvalue weighted by atomic mass is 16.5. The molecular weight excluding hydrogens is 388 g/mol. The monoisotopic (exact) mass is 416 g/mol. The van der Waals surface area contributed by atoms with E-state index in [1.54, 1.807) is 25.3 Å². The van der Waals surface area contributed by atoms with Crippen molar-refractivity contribution in [2.75, 3.05) is 7.11 Å². The van der Waals surface area contributed by atoms with Crippen molar-refractivity contribution in [1.82, 2.24) is 0 Å². The van der Waals surface area contributed by atoms with E-state index in [1.165, 1.54) is 62.3 Å². The normalized spacial score (nSPS) is 28.7. The second kappa shape index (κ2) is 7.67. The highest BCUT2D eigenvalue weighted by Crippen LogP contribution is 2.61. The number of ether oxygens (including phenoxy) is 1. The van der Waals surface area contributed by atoms with Crippen LogP contribution in [0.15, 0.2) is 48.5 Å². The maximum atomic E-state index is 12.8. The van der Waals surface area contributed by atoms with Crippen molar-refractivity contribution in [3.05, 3.63) is 70.8 Å². The number of hydrogen-bond donors (Lipinski definition) is 1. The zero-order valence-corrected chi connectivity index (χ0v) is 17.8. The lowest BCUT2D eigenvalue weighted by molar-refractivity contribution is -0.00616. The summed E-state index contributed by atoms with van der Waals surface area (Å²) >= 11 is 0. The van der Waals surface area contributed by atoms with Crippen molar-refractivity contribution >= 4 is 17.8 Å². The number of aromatic carboxylic acids is 1. The van der Waals surface area contributed by atoms with Gasteiger partial charge in [-0.25, -0.2) is 4.79 Å². The Morgan fingerprint density at radius 1 is 0.935 bits per heavy atom.